The first-order valence-corrected chi connectivity index (χ1v) is 10.4. The average molecular weight is 427 g/mol. The molecule has 1 aliphatic heterocycles. The molecule has 0 spiro atoms. The van der Waals surface area contributed by atoms with Gasteiger partial charge in [-0.15, -0.1) is 0 Å². The van der Waals surface area contributed by atoms with Crippen LogP contribution in [0.3, 0.4) is 0 Å². The minimum atomic E-state index is -0.153. The van der Waals surface area contributed by atoms with E-state index >= 15 is 0 Å². The van der Waals surface area contributed by atoms with Gasteiger partial charge in [0.05, 0.1) is 11.4 Å². The zero-order chi connectivity index (χ0) is 22.5. The van der Waals surface area contributed by atoms with Crippen molar-refractivity contribution in [3.63, 3.8) is 0 Å². The largest absolute Gasteiger partial charge is 0.354 e. The molecule has 0 saturated carbocycles. The lowest BCUT2D eigenvalue weighted by Crippen LogP contribution is -2.53. The minimum absolute atomic E-state index is 0.0545. The number of fused-ring (bicyclic) bond motifs is 1. The Morgan fingerprint density at radius 1 is 1.35 bits per heavy atom. The number of piperidine rings is 1. The van der Waals surface area contributed by atoms with E-state index in [2.05, 4.69) is 32.0 Å². The number of hydrogen-bond acceptors (Lipinski definition) is 6. The van der Waals surface area contributed by atoms with E-state index < -0.39 is 0 Å². The smallest absolute Gasteiger partial charge is 0.329 e. The first-order valence-electron chi connectivity index (χ1n) is 10.4. The number of nitrogens with zero attached hydrogens (tertiary/aromatic N) is 7. The van der Waals surface area contributed by atoms with E-state index in [0.717, 1.165) is 17.6 Å². The summed E-state index contributed by atoms with van der Waals surface area (Å²) in [5.41, 5.74) is 0.558. The summed E-state index contributed by atoms with van der Waals surface area (Å²) in [5, 5.41) is 3.83. The van der Waals surface area contributed by atoms with Crippen LogP contribution in [-0.4, -0.2) is 96.2 Å². The molecule has 2 aromatic rings. The van der Waals surface area contributed by atoms with Gasteiger partial charge in [0, 0.05) is 46.5 Å². The highest BCUT2D eigenvalue weighted by atomic mass is 16.2. The lowest BCUT2D eigenvalue weighted by molar-refractivity contribution is -0.130. The zero-order valence-corrected chi connectivity index (χ0v) is 18.6. The molecular formula is C21H30N8O2. The average Bonchev–Trinajstić information content (AvgIpc) is 3.21. The minimum Gasteiger partial charge on any atom is -0.354 e. The van der Waals surface area contributed by atoms with Crippen molar-refractivity contribution in [2.45, 2.75) is 19.4 Å². The summed E-state index contributed by atoms with van der Waals surface area (Å²) in [6.07, 6.45) is 4.06. The summed E-state index contributed by atoms with van der Waals surface area (Å²) >= 11 is 0. The molecule has 10 nitrogen and oxygen atoms in total. The summed E-state index contributed by atoms with van der Waals surface area (Å²) in [4.78, 5) is 42.7. The summed E-state index contributed by atoms with van der Waals surface area (Å²) in [7, 11) is 5.57. The van der Waals surface area contributed by atoms with Crippen LogP contribution in [0.4, 0.5) is 10.6 Å². The van der Waals surface area contributed by atoms with Crippen LogP contribution < -0.4 is 10.2 Å². The Labute approximate surface area is 182 Å². The standard InChI is InChI=1S/C21H30N8O2/c1-15-6-9-28(18(30)12-23-3)13-17(15)27(5)19-16-7-10-29(20(16)25-14-24-19)21(31)26(4)11-8-22-2/h7,10,14-15,17,22H,6,8-9,11-13H2,1-2,4-5H3/t15-,17+/m1/s1. The SMILES string of the molecule is [C-]#[N+]CC(=O)N1CC[C@@H](C)[C@@H](N(C)c2ncnc3c2ccn3C(=O)N(C)CCNC)C1. The van der Waals surface area contributed by atoms with Gasteiger partial charge in [0.15, 0.2) is 5.65 Å². The van der Waals surface area contributed by atoms with Gasteiger partial charge in [-0.1, -0.05) is 6.92 Å². The highest BCUT2D eigenvalue weighted by Gasteiger charge is 2.33. The number of aromatic nitrogens is 3. The number of amides is 2. The fourth-order valence-electron chi connectivity index (χ4n) is 4.04. The van der Waals surface area contributed by atoms with E-state index in [1.54, 1.807) is 27.6 Å². The predicted molar refractivity (Wildman–Crippen MR) is 119 cm³/mol. The maximum Gasteiger partial charge on any atom is 0.329 e. The van der Waals surface area contributed by atoms with Gasteiger partial charge in [-0.05, 0) is 25.5 Å². The molecule has 0 aromatic carbocycles. The zero-order valence-electron chi connectivity index (χ0n) is 18.6. The number of likely N-dealkylation sites (N-methyl/N-ethyl adjacent to an activating group) is 3. The van der Waals surface area contributed by atoms with Crippen LogP contribution in [-0.2, 0) is 4.79 Å². The van der Waals surface area contributed by atoms with Crippen LogP contribution >= 0.6 is 0 Å². The summed E-state index contributed by atoms with van der Waals surface area (Å²) in [5.74, 6) is 0.948. The van der Waals surface area contributed by atoms with Crippen molar-refractivity contribution >= 4 is 28.8 Å². The molecule has 1 N–H and O–H groups in total. The van der Waals surface area contributed by atoms with Gasteiger partial charge in [-0.3, -0.25) is 9.36 Å². The molecule has 10 heteroatoms. The van der Waals surface area contributed by atoms with Gasteiger partial charge in [0.25, 0.3) is 6.54 Å². The van der Waals surface area contributed by atoms with Gasteiger partial charge in [-0.2, -0.15) is 0 Å². The number of hydrogen-bond donors (Lipinski definition) is 1. The molecule has 2 amide bonds. The Morgan fingerprint density at radius 3 is 2.84 bits per heavy atom. The van der Waals surface area contributed by atoms with Crippen molar-refractivity contribution in [1.29, 1.82) is 0 Å². The fourth-order valence-corrected chi connectivity index (χ4v) is 4.04. The Balaban J connectivity index is 1.87. The van der Waals surface area contributed by atoms with Crippen LogP contribution in [0, 0.1) is 12.5 Å². The van der Waals surface area contributed by atoms with Crippen molar-refractivity contribution in [3.05, 3.63) is 30.0 Å². The molecule has 31 heavy (non-hydrogen) atoms. The monoisotopic (exact) mass is 426 g/mol. The van der Waals surface area contributed by atoms with E-state index in [1.165, 1.54) is 6.33 Å². The predicted octanol–water partition coefficient (Wildman–Crippen LogP) is 1.14. The fraction of sp³-hybridized carbons (Fsp3) is 0.571. The van der Waals surface area contributed by atoms with E-state index in [9.17, 15) is 9.59 Å². The van der Waals surface area contributed by atoms with Crippen molar-refractivity contribution in [3.8, 4) is 0 Å². The van der Waals surface area contributed by atoms with Gasteiger partial charge >= 0.3 is 11.9 Å². The van der Waals surface area contributed by atoms with Crippen LogP contribution in [0.15, 0.2) is 18.6 Å². The number of nitrogens with one attached hydrogen (secondary N) is 1. The molecule has 2 atom stereocenters. The van der Waals surface area contributed by atoms with Gasteiger partial charge in [0.1, 0.15) is 12.1 Å². The molecule has 1 fully saturated rings. The number of carbonyl (C=O) groups excluding carboxylic acids is 2. The molecule has 0 radical (unpaired) electrons. The molecule has 0 bridgehead atoms. The summed E-state index contributed by atoms with van der Waals surface area (Å²) in [6.45, 7) is 11.5. The van der Waals surface area contributed by atoms with E-state index in [1.807, 2.05) is 20.2 Å². The van der Waals surface area contributed by atoms with Gasteiger partial charge in [0.2, 0.25) is 0 Å². The molecule has 3 heterocycles. The summed E-state index contributed by atoms with van der Waals surface area (Å²) in [6, 6.07) is 1.76. The van der Waals surface area contributed by atoms with Gasteiger partial charge in [-0.25, -0.2) is 21.3 Å². The Morgan fingerprint density at radius 2 is 2.13 bits per heavy atom. The summed E-state index contributed by atoms with van der Waals surface area (Å²) < 4.78 is 1.54. The maximum absolute atomic E-state index is 12.9. The third kappa shape index (κ3) is 4.61. The van der Waals surface area contributed by atoms with Crippen molar-refractivity contribution in [1.82, 2.24) is 29.7 Å². The molecule has 1 saturated heterocycles. The maximum atomic E-state index is 12.9. The highest BCUT2D eigenvalue weighted by Crippen LogP contribution is 2.29. The molecule has 166 valence electrons. The van der Waals surface area contributed by atoms with Crippen molar-refractivity contribution in [2.24, 2.45) is 5.92 Å². The molecule has 0 aliphatic carbocycles. The van der Waals surface area contributed by atoms with Crippen LogP contribution in [0.25, 0.3) is 15.9 Å². The number of likely N-dealkylation sites (tertiary alicyclic amines) is 1. The van der Waals surface area contributed by atoms with E-state index in [4.69, 9.17) is 6.57 Å². The Kier molecular flexibility index (Phi) is 7.07. The quantitative estimate of drug-likeness (QED) is 0.697. The Bertz CT molecular complexity index is 981. The Hall–Kier alpha value is -3.19. The molecule has 1 aliphatic rings. The first-order chi connectivity index (χ1) is 14.9. The molecule has 2 aromatic heterocycles. The molecule has 0 unspecified atom stereocenters. The second-order valence-corrected chi connectivity index (χ2v) is 8.03. The van der Waals surface area contributed by atoms with Crippen LogP contribution in [0.2, 0.25) is 0 Å². The second kappa shape index (κ2) is 9.75. The lowest BCUT2D eigenvalue weighted by Gasteiger charge is -2.41. The number of rotatable bonds is 6. The van der Waals surface area contributed by atoms with E-state index in [0.29, 0.717) is 37.7 Å². The highest BCUT2D eigenvalue weighted by molar-refractivity contribution is 5.94. The first kappa shape index (κ1) is 22.5. The second-order valence-electron chi connectivity index (χ2n) is 8.03. The normalized spacial score (nSPS) is 18.6. The molecule has 3 rings (SSSR count). The number of carbonyl (C=O) groups is 2. The van der Waals surface area contributed by atoms with E-state index in [-0.39, 0.29) is 24.5 Å². The molecular weight excluding hydrogens is 396 g/mol. The van der Waals surface area contributed by atoms with Crippen molar-refractivity contribution in [2.75, 3.05) is 58.8 Å². The third-order valence-electron chi connectivity index (χ3n) is 6.01. The van der Waals surface area contributed by atoms with Crippen molar-refractivity contribution < 1.29 is 9.59 Å². The van der Waals surface area contributed by atoms with Crippen LogP contribution in [0.5, 0.6) is 0 Å². The van der Waals surface area contributed by atoms with Crippen LogP contribution in [0.1, 0.15) is 13.3 Å². The number of anilines is 1. The topological polar surface area (TPSA) is 91.0 Å². The van der Waals surface area contributed by atoms with Gasteiger partial charge < -0.3 is 24.9 Å². The lowest BCUT2D eigenvalue weighted by atomic mass is 9.92. The third-order valence-corrected chi connectivity index (χ3v) is 6.01.